The summed E-state index contributed by atoms with van der Waals surface area (Å²) in [4.78, 5) is 0. The molecule has 1 atom stereocenters. The van der Waals surface area contributed by atoms with E-state index in [1.807, 2.05) is 0 Å². The number of hydrogen-bond donors (Lipinski definition) is 1. The largest absolute Gasteiger partial charge is 0.387 e. The Morgan fingerprint density at radius 1 is 1.53 bits per heavy atom. The van der Waals surface area contributed by atoms with Crippen molar-refractivity contribution < 1.29 is 13.5 Å². The van der Waals surface area contributed by atoms with Crippen LogP contribution in [0.25, 0.3) is 0 Å². The summed E-state index contributed by atoms with van der Waals surface area (Å²) in [6.07, 6.45) is 0.399. The second kappa shape index (κ2) is 4.51. The van der Waals surface area contributed by atoms with Gasteiger partial charge in [0.25, 0.3) is 0 Å². The van der Waals surface area contributed by atoms with Crippen LogP contribution in [0.3, 0.4) is 0 Å². The summed E-state index contributed by atoms with van der Waals surface area (Å²) in [5.41, 5.74) is 0.977. The van der Waals surface area contributed by atoms with Gasteiger partial charge in [-0.1, -0.05) is 17.7 Å². The number of benzene rings is 1. The van der Waals surface area contributed by atoms with E-state index < -0.39 is 20.9 Å². The molecule has 0 saturated heterocycles. The Bertz CT molecular complexity index is 625. The van der Waals surface area contributed by atoms with Crippen LogP contribution in [0.2, 0.25) is 5.02 Å². The fourth-order valence-corrected chi connectivity index (χ4v) is 4.10. The van der Waals surface area contributed by atoms with Crippen molar-refractivity contribution in [1.29, 1.82) is 0 Å². The second-order valence-electron chi connectivity index (χ2n) is 5.03. The van der Waals surface area contributed by atoms with Gasteiger partial charge in [0.05, 0.1) is 12.2 Å². The third-order valence-electron chi connectivity index (χ3n) is 3.46. The summed E-state index contributed by atoms with van der Waals surface area (Å²) < 4.78 is 25.1. The number of aliphatic hydroxyl groups excluding tert-OH is 1. The van der Waals surface area contributed by atoms with Crippen molar-refractivity contribution in [3.8, 4) is 0 Å². The Kier molecular flexibility index (Phi) is 3.41. The van der Waals surface area contributed by atoms with E-state index in [1.165, 1.54) is 24.2 Å². The predicted octanol–water partition coefficient (Wildman–Crippen LogP) is 2.49. The highest BCUT2D eigenvalue weighted by Gasteiger charge is 2.50. The Morgan fingerprint density at radius 3 is 2.74 bits per heavy atom. The molecule has 19 heavy (non-hydrogen) atoms. The molecule has 1 aliphatic heterocycles. The predicted molar refractivity (Wildman–Crippen MR) is 77.0 cm³/mol. The van der Waals surface area contributed by atoms with Gasteiger partial charge in [0, 0.05) is 10.6 Å². The summed E-state index contributed by atoms with van der Waals surface area (Å²) in [6.45, 7) is 6.76. The third kappa shape index (κ3) is 1.96. The second-order valence-corrected chi connectivity index (χ2v) is 7.91. The van der Waals surface area contributed by atoms with Gasteiger partial charge < -0.3 is 5.11 Å². The molecule has 0 radical (unpaired) electrons. The fourth-order valence-electron chi connectivity index (χ4n) is 2.21. The van der Waals surface area contributed by atoms with Crippen LogP contribution in [-0.4, -0.2) is 24.8 Å². The van der Waals surface area contributed by atoms with Crippen LogP contribution < -0.4 is 4.31 Å². The lowest BCUT2D eigenvalue weighted by atomic mass is 9.96. The van der Waals surface area contributed by atoms with Gasteiger partial charge in [-0.3, -0.25) is 4.31 Å². The van der Waals surface area contributed by atoms with Crippen molar-refractivity contribution in [2.75, 3.05) is 10.8 Å². The minimum atomic E-state index is -3.67. The zero-order valence-corrected chi connectivity index (χ0v) is 12.4. The number of nitrogens with zero attached hydrogens (tertiary/aromatic N) is 1. The Labute approximate surface area is 118 Å². The number of anilines is 1. The molecule has 0 fully saturated rings. The van der Waals surface area contributed by atoms with Crippen LogP contribution in [0.4, 0.5) is 5.69 Å². The molecule has 0 spiro atoms. The van der Waals surface area contributed by atoms with E-state index >= 15 is 0 Å². The highest BCUT2D eigenvalue weighted by Crippen LogP contribution is 2.46. The molecule has 2 rings (SSSR count). The molecule has 104 valence electrons. The molecule has 1 aromatic carbocycles. The lowest BCUT2D eigenvalue weighted by Gasteiger charge is -2.42. The Morgan fingerprint density at radius 2 is 2.16 bits per heavy atom. The maximum Gasteiger partial charge on any atom is 0.243 e. The van der Waals surface area contributed by atoms with E-state index in [9.17, 15) is 13.5 Å². The molecule has 1 heterocycles. The third-order valence-corrected chi connectivity index (χ3v) is 6.18. The van der Waals surface area contributed by atoms with Gasteiger partial charge in [-0.05, 0) is 32.0 Å². The number of fused-ring (bicyclic) bond motifs is 1. The monoisotopic (exact) mass is 301 g/mol. The average molecular weight is 302 g/mol. The zero-order chi connectivity index (χ0) is 14.4. The molecule has 1 aliphatic rings. The highest BCUT2D eigenvalue weighted by atomic mass is 35.5. The summed E-state index contributed by atoms with van der Waals surface area (Å²) in [5.74, 6) is 0. The molecular weight excluding hydrogens is 286 g/mol. The Balaban J connectivity index is 2.75. The van der Waals surface area contributed by atoms with Crippen LogP contribution in [0.1, 0.15) is 25.5 Å². The first-order valence-electron chi connectivity index (χ1n) is 5.84. The van der Waals surface area contributed by atoms with Gasteiger partial charge in [0.2, 0.25) is 10.0 Å². The standard InChI is InChI=1S/C13H16ClNO3S/c1-4-7-15-11-6-5-9(14)8-10(11)12(16)13(2,3)19(15,17)18/h4-6,8,12,16H,1,7H2,2-3H3. The molecule has 0 bridgehead atoms. The summed E-state index contributed by atoms with van der Waals surface area (Å²) in [6, 6.07) is 4.82. The molecule has 6 heteroatoms. The molecule has 1 unspecified atom stereocenters. The highest BCUT2D eigenvalue weighted by molar-refractivity contribution is 7.94. The minimum Gasteiger partial charge on any atom is -0.387 e. The number of aliphatic hydroxyl groups is 1. The summed E-state index contributed by atoms with van der Waals surface area (Å²) in [7, 11) is -3.67. The van der Waals surface area contributed by atoms with Crippen LogP contribution in [-0.2, 0) is 10.0 Å². The number of sulfonamides is 1. The number of hydrogen-bond acceptors (Lipinski definition) is 3. The topological polar surface area (TPSA) is 57.6 Å². The smallest absolute Gasteiger partial charge is 0.243 e. The van der Waals surface area contributed by atoms with E-state index in [-0.39, 0.29) is 6.54 Å². The van der Waals surface area contributed by atoms with Crippen LogP contribution in [0.15, 0.2) is 30.9 Å². The van der Waals surface area contributed by atoms with Gasteiger partial charge in [-0.2, -0.15) is 0 Å². The SMILES string of the molecule is C=CCN1c2ccc(Cl)cc2C(O)C(C)(C)S1(=O)=O. The molecule has 0 aromatic heterocycles. The van der Waals surface area contributed by atoms with E-state index in [0.717, 1.165) is 0 Å². The van der Waals surface area contributed by atoms with Crippen molar-refractivity contribution in [2.24, 2.45) is 0 Å². The first-order chi connectivity index (χ1) is 8.73. The molecular formula is C13H16ClNO3S. The normalized spacial score (nSPS) is 23.8. The van der Waals surface area contributed by atoms with Crippen LogP contribution in [0, 0.1) is 0 Å². The van der Waals surface area contributed by atoms with E-state index in [0.29, 0.717) is 16.3 Å². The van der Waals surface area contributed by atoms with Gasteiger partial charge in [-0.15, -0.1) is 6.58 Å². The first kappa shape index (κ1) is 14.4. The van der Waals surface area contributed by atoms with Crippen molar-refractivity contribution >= 4 is 27.3 Å². The molecule has 1 N–H and O–H groups in total. The van der Waals surface area contributed by atoms with E-state index in [1.54, 1.807) is 18.2 Å². The quantitative estimate of drug-likeness (QED) is 0.854. The molecule has 1 aromatic rings. The van der Waals surface area contributed by atoms with Gasteiger partial charge in [0.15, 0.2) is 0 Å². The lowest BCUT2D eigenvalue weighted by Crippen LogP contribution is -2.52. The molecule has 0 amide bonds. The maximum absolute atomic E-state index is 12.6. The molecule has 0 saturated carbocycles. The van der Waals surface area contributed by atoms with Gasteiger partial charge >= 0.3 is 0 Å². The number of rotatable bonds is 2. The first-order valence-corrected chi connectivity index (χ1v) is 7.66. The lowest BCUT2D eigenvalue weighted by molar-refractivity contribution is 0.137. The van der Waals surface area contributed by atoms with Crippen molar-refractivity contribution in [1.82, 2.24) is 0 Å². The van der Waals surface area contributed by atoms with Crippen molar-refractivity contribution in [3.05, 3.63) is 41.4 Å². The Hall–Kier alpha value is -1.04. The fraction of sp³-hybridized carbons (Fsp3) is 0.385. The number of halogens is 1. The maximum atomic E-state index is 12.6. The zero-order valence-electron chi connectivity index (χ0n) is 10.8. The van der Waals surface area contributed by atoms with Crippen molar-refractivity contribution in [2.45, 2.75) is 24.7 Å². The minimum absolute atomic E-state index is 0.160. The van der Waals surface area contributed by atoms with E-state index in [2.05, 4.69) is 6.58 Å². The summed E-state index contributed by atoms with van der Waals surface area (Å²) >= 11 is 5.93. The van der Waals surface area contributed by atoms with Crippen LogP contribution in [0.5, 0.6) is 0 Å². The average Bonchev–Trinajstić information content (AvgIpc) is 2.33. The van der Waals surface area contributed by atoms with E-state index in [4.69, 9.17) is 11.6 Å². The van der Waals surface area contributed by atoms with Gasteiger partial charge in [0.1, 0.15) is 10.9 Å². The molecule has 0 aliphatic carbocycles. The van der Waals surface area contributed by atoms with Crippen molar-refractivity contribution in [3.63, 3.8) is 0 Å². The van der Waals surface area contributed by atoms with Gasteiger partial charge in [-0.25, -0.2) is 8.42 Å². The molecule has 4 nitrogen and oxygen atoms in total. The van der Waals surface area contributed by atoms with Crippen LogP contribution >= 0.6 is 11.6 Å². The summed E-state index contributed by atoms with van der Waals surface area (Å²) in [5, 5.41) is 10.8.